The number of nitrogens with zero attached hydrogens (tertiary/aromatic N) is 1. The van der Waals surface area contributed by atoms with Gasteiger partial charge in [0.15, 0.2) is 5.58 Å². The van der Waals surface area contributed by atoms with E-state index in [0.29, 0.717) is 23.4 Å². The third-order valence-corrected chi connectivity index (χ3v) is 2.66. The first kappa shape index (κ1) is 11.2. The molecule has 0 bridgehead atoms. The van der Waals surface area contributed by atoms with Crippen LogP contribution in [-0.2, 0) is 6.54 Å². The molecular weight excluding hydrogens is 246 g/mol. The van der Waals surface area contributed by atoms with Crippen molar-refractivity contribution >= 4 is 16.8 Å². The van der Waals surface area contributed by atoms with Crippen LogP contribution in [0, 0.1) is 11.3 Å². The lowest BCUT2D eigenvalue weighted by atomic mass is 10.3. The van der Waals surface area contributed by atoms with Gasteiger partial charge in [-0.05, 0) is 30.3 Å². The molecular formula is C13H9N3O3. The minimum atomic E-state index is -0.475. The Balaban J connectivity index is 1.77. The highest BCUT2D eigenvalue weighted by molar-refractivity contribution is 5.76. The van der Waals surface area contributed by atoms with Crippen LogP contribution in [0.3, 0.4) is 0 Å². The first-order chi connectivity index (χ1) is 9.24. The molecule has 0 amide bonds. The summed E-state index contributed by atoms with van der Waals surface area (Å²) >= 11 is 0. The van der Waals surface area contributed by atoms with Gasteiger partial charge in [-0.1, -0.05) is 0 Å². The van der Waals surface area contributed by atoms with Crippen LogP contribution in [-0.4, -0.2) is 4.98 Å². The fourth-order valence-corrected chi connectivity index (χ4v) is 1.78. The van der Waals surface area contributed by atoms with E-state index in [1.165, 1.54) is 0 Å². The van der Waals surface area contributed by atoms with Crippen LogP contribution in [0.5, 0.6) is 0 Å². The number of benzene rings is 1. The van der Waals surface area contributed by atoms with Gasteiger partial charge in [0, 0.05) is 5.69 Å². The number of oxazole rings is 1. The third-order valence-electron chi connectivity index (χ3n) is 2.66. The van der Waals surface area contributed by atoms with Gasteiger partial charge in [0.05, 0.1) is 12.1 Å². The molecule has 19 heavy (non-hydrogen) atoms. The average Bonchev–Trinajstić information content (AvgIpc) is 3.00. The average molecular weight is 255 g/mol. The smallest absolute Gasteiger partial charge is 0.417 e. The Morgan fingerprint density at radius 1 is 1.26 bits per heavy atom. The molecule has 3 aromatic rings. The molecule has 0 saturated carbocycles. The minimum Gasteiger partial charge on any atom is -0.449 e. The predicted octanol–water partition coefficient (Wildman–Crippen LogP) is 2.20. The van der Waals surface area contributed by atoms with Crippen molar-refractivity contribution in [1.29, 1.82) is 5.26 Å². The van der Waals surface area contributed by atoms with Crippen molar-refractivity contribution in [3.8, 4) is 6.07 Å². The quantitative estimate of drug-likeness (QED) is 0.748. The first-order valence-electron chi connectivity index (χ1n) is 5.60. The number of H-pyrrole nitrogens is 1. The summed E-state index contributed by atoms with van der Waals surface area (Å²) in [4.78, 5) is 13.6. The fourth-order valence-electron chi connectivity index (χ4n) is 1.78. The standard InChI is InChI=1S/C13H9N3O3/c14-6-9-2-3-10(18-9)7-15-8-1-4-12-11(5-8)16-13(17)19-12/h1-5,15H,7H2,(H,16,17). The molecule has 0 aliphatic rings. The van der Waals surface area contributed by atoms with E-state index in [1.807, 2.05) is 6.07 Å². The van der Waals surface area contributed by atoms with Gasteiger partial charge < -0.3 is 14.2 Å². The Hall–Kier alpha value is -2.94. The summed E-state index contributed by atoms with van der Waals surface area (Å²) in [5.74, 6) is 0.473. The first-order valence-corrected chi connectivity index (χ1v) is 5.60. The van der Waals surface area contributed by atoms with Crippen molar-refractivity contribution < 1.29 is 8.83 Å². The zero-order chi connectivity index (χ0) is 13.2. The minimum absolute atomic E-state index is 0.284. The molecule has 0 saturated heterocycles. The third kappa shape index (κ3) is 2.21. The van der Waals surface area contributed by atoms with E-state index >= 15 is 0 Å². The summed E-state index contributed by atoms with van der Waals surface area (Å²) in [5, 5.41) is 11.8. The Labute approximate surface area is 107 Å². The highest BCUT2D eigenvalue weighted by atomic mass is 16.4. The van der Waals surface area contributed by atoms with E-state index in [2.05, 4.69) is 10.3 Å². The van der Waals surface area contributed by atoms with E-state index in [4.69, 9.17) is 14.1 Å². The largest absolute Gasteiger partial charge is 0.449 e. The molecule has 2 heterocycles. The van der Waals surface area contributed by atoms with Crippen LogP contribution < -0.4 is 11.1 Å². The number of furan rings is 1. The number of aromatic amines is 1. The monoisotopic (exact) mass is 255 g/mol. The summed E-state index contributed by atoms with van der Waals surface area (Å²) in [7, 11) is 0. The highest BCUT2D eigenvalue weighted by Gasteiger charge is 2.04. The van der Waals surface area contributed by atoms with E-state index in [-0.39, 0.29) is 5.76 Å². The summed E-state index contributed by atoms with van der Waals surface area (Å²) < 4.78 is 10.2. The number of fused-ring (bicyclic) bond motifs is 1. The molecule has 2 N–H and O–H groups in total. The summed E-state index contributed by atoms with van der Waals surface area (Å²) in [6.45, 7) is 0.454. The maximum Gasteiger partial charge on any atom is 0.417 e. The maximum atomic E-state index is 11.0. The summed E-state index contributed by atoms with van der Waals surface area (Å²) in [5.41, 5.74) is 1.96. The van der Waals surface area contributed by atoms with Crippen molar-refractivity contribution in [2.24, 2.45) is 0 Å². The molecule has 0 radical (unpaired) electrons. The molecule has 2 aromatic heterocycles. The topological polar surface area (TPSA) is 95.0 Å². The van der Waals surface area contributed by atoms with Crippen LogP contribution in [0.15, 0.2) is 44.0 Å². The zero-order valence-corrected chi connectivity index (χ0v) is 9.77. The van der Waals surface area contributed by atoms with Crippen LogP contribution >= 0.6 is 0 Å². The fraction of sp³-hybridized carbons (Fsp3) is 0.0769. The number of anilines is 1. The van der Waals surface area contributed by atoms with Crippen LogP contribution in [0.1, 0.15) is 11.5 Å². The van der Waals surface area contributed by atoms with E-state index in [9.17, 15) is 4.79 Å². The molecule has 6 heteroatoms. The second-order valence-corrected chi connectivity index (χ2v) is 3.96. The normalized spacial score (nSPS) is 10.5. The molecule has 0 aliphatic carbocycles. The number of hydrogen-bond acceptors (Lipinski definition) is 5. The summed E-state index contributed by atoms with van der Waals surface area (Å²) in [6, 6.07) is 10.6. The lowest BCUT2D eigenvalue weighted by Crippen LogP contribution is -1.97. The van der Waals surface area contributed by atoms with Gasteiger partial charge >= 0.3 is 5.76 Å². The van der Waals surface area contributed by atoms with Gasteiger partial charge in [0.25, 0.3) is 0 Å². The van der Waals surface area contributed by atoms with Crippen LogP contribution in [0.4, 0.5) is 5.69 Å². The molecule has 0 spiro atoms. The number of rotatable bonds is 3. The molecule has 0 unspecified atom stereocenters. The highest BCUT2D eigenvalue weighted by Crippen LogP contribution is 2.17. The Morgan fingerprint density at radius 3 is 2.95 bits per heavy atom. The predicted molar refractivity (Wildman–Crippen MR) is 67.6 cm³/mol. The van der Waals surface area contributed by atoms with Crippen molar-refractivity contribution in [3.63, 3.8) is 0 Å². The van der Waals surface area contributed by atoms with Gasteiger partial charge in [-0.15, -0.1) is 0 Å². The molecule has 0 atom stereocenters. The van der Waals surface area contributed by atoms with Gasteiger partial charge in [0.2, 0.25) is 5.76 Å². The van der Waals surface area contributed by atoms with Crippen LogP contribution in [0.25, 0.3) is 11.1 Å². The number of aromatic nitrogens is 1. The SMILES string of the molecule is N#Cc1ccc(CNc2ccc3oc(=O)[nH]c3c2)o1. The second-order valence-electron chi connectivity index (χ2n) is 3.96. The molecule has 3 rings (SSSR count). The molecule has 94 valence electrons. The van der Waals surface area contributed by atoms with E-state index < -0.39 is 5.76 Å². The number of nitriles is 1. The van der Waals surface area contributed by atoms with Gasteiger partial charge in [-0.3, -0.25) is 4.98 Å². The second kappa shape index (κ2) is 4.38. The van der Waals surface area contributed by atoms with Gasteiger partial charge in [-0.2, -0.15) is 5.26 Å². The number of hydrogen-bond donors (Lipinski definition) is 2. The maximum absolute atomic E-state index is 11.0. The lowest BCUT2D eigenvalue weighted by Gasteiger charge is -2.03. The van der Waals surface area contributed by atoms with Crippen LogP contribution in [0.2, 0.25) is 0 Å². The van der Waals surface area contributed by atoms with E-state index in [0.717, 1.165) is 5.69 Å². The van der Waals surface area contributed by atoms with Gasteiger partial charge in [0.1, 0.15) is 11.8 Å². The summed E-state index contributed by atoms with van der Waals surface area (Å²) in [6.07, 6.45) is 0. The molecule has 0 fully saturated rings. The molecule has 1 aromatic carbocycles. The molecule has 6 nitrogen and oxygen atoms in total. The molecule has 0 aliphatic heterocycles. The van der Waals surface area contributed by atoms with E-state index in [1.54, 1.807) is 30.3 Å². The van der Waals surface area contributed by atoms with Crippen molar-refractivity contribution in [2.45, 2.75) is 6.54 Å². The lowest BCUT2D eigenvalue weighted by molar-refractivity contribution is 0.506. The Bertz CT molecular complexity index is 819. The Morgan fingerprint density at radius 2 is 2.16 bits per heavy atom. The van der Waals surface area contributed by atoms with Gasteiger partial charge in [-0.25, -0.2) is 4.79 Å². The van der Waals surface area contributed by atoms with Crippen molar-refractivity contribution in [2.75, 3.05) is 5.32 Å². The van der Waals surface area contributed by atoms with Crippen molar-refractivity contribution in [1.82, 2.24) is 4.98 Å². The van der Waals surface area contributed by atoms with Crippen molar-refractivity contribution in [3.05, 3.63) is 52.4 Å². The number of nitrogens with one attached hydrogen (secondary N) is 2. The zero-order valence-electron chi connectivity index (χ0n) is 9.77. The Kier molecular flexibility index (Phi) is 2.58.